The van der Waals surface area contributed by atoms with Gasteiger partial charge in [0.2, 0.25) is 11.8 Å². The van der Waals surface area contributed by atoms with Crippen LogP contribution in [0.2, 0.25) is 0 Å². The minimum absolute atomic E-state index is 0.0667. The highest BCUT2D eigenvalue weighted by atomic mass is 19.1. The monoisotopic (exact) mass is 655 g/mol. The number of carbonyl (C=O) groups excluding carboxylic acids is 3. The zero-order valence-corrected chi connectivity index (χ0v) is 27.3. The Hall–Kier alpha value is -4.18. The highest BCUT2D eigenvalue weighted by molar-refractivity contribution is 5.97. The van der Waals surface area contributed by atoms with Gasteiger partial charge in [-0.3, -0.25) is 19.3 Å². The summed E-state index contributed by atoms with van der Waals surface area (Å²) in [5, 5.41) is 6.19. The van der Waals surface area contributed by atoms with E-state index in [-0.39, 0.29) is 24.7 Å². The van der Waals surface area contributed by atoms with E-state index >= 15 is 0 Å². The average molecular weight is 656 g/mol. The Morgan fingerprint density at radius 2 is 1.85 bits per heavy atom. The molecule has 3 heterocycles. The van der Waals surface area contributed by atoms with Gasteiger partial charge in [-0.25, -0.2) is 13.8 Å². The highest BCUT2D eigenvalue weighted by Gasteiger charge is 2.40. The van der Waals surface area contributed by atoms with Gasteiger partial charge in [0.15, 0.2) is 0 Å². The molecular weight excluding hydrogens is 612 g/mol. The van der Waals surface area contributed by atoms with E-state index in [0.717, 1.165) is 30.1 Å². The molecule has 2 aliphatic carbocycles. The maximum atomic E-state index is 14.7. The molecule has 3 aromatic rings. The predicted molar refractivity (Wildman–Crippen MR) is 180 cm³/mol. The molecule has 2 N–H and O–H groups in total. The Morgan fingerprint density at radius 3 is 2.65 bits per heavy atom. The lowest BCUT2D eigenvalue weighted by atomic mass is 9.87. The third-order valence-electron chi connectivity index (χ3n) is 10.3. The number of likely N-dealkylation sites (tertiary alicyclic amines) is 2. The molecule has 4 aliphatic rings. The van der Waals surface area contributed by atoms with Crippen molar-refractivity contribution in [3.05, 3.63) is 82.8 Å². The Bertz CT molecular complexity index is 1740. The Morgan fingerprint density at radius 1 is 1.02 bits per heavy atom. The molecule has 4 fully saturated rings. The number of hydrogen-bond donors (Lipinski definition) is 2. The van der Waals surface area contributed by atoms with E-state index in [4.69, 9.17) is 0 Å². The van der Waals surface area contributed by atoms with Crippen molar-refractivity contribution in [1.82, 2.24) is 25.4 Å². The fraction of sp³-hybridized carbons (Fsp3) is 0.474. The van der Waals surface area contributed by atoms with Crippen LogP contribution < -0.4 is 10.6 Å². The summed E-state index contributed by atoms with van der Waals surface area (Å²) in [6.45, 7) is 3.55. The lowest BCUT2D eigenvalue weighted by molar-refractivity contribution is -0.138. The van der Waals surface area contributed by atoms with Crippen molar-refractivity contribution in [2.45, 2.75) is 82.1 Å². The van der Waals surface area contributed by atoms with Gasteiger partial charge >= 0.3 is 0 Å². The van der Waals surface area contributed by atoms with Crippen molar-refractivity contribution >= 4 is 34.7 Å². The summed E-state index contributed by atoms with van der Waals surface area (Å²) in [6.07, 6.45) is 10.3. The summed E-state index contributed by atoms with van der Waals surface area (Å²) < 4.78 is 28.2. The van der Waals surface area contributed by atoms with Gasteiger partial charge in [0, 0.05) is 24.4 Å². The van der Waals surface area contributed by atoms with Crippen LogP contribution in [0.5, 0.6) is 0 Å². The number of hydrogen-bond acceptors (Lipinski definition) is 5. The van der Waals surface area contributed by atoms with E-state index < -0.39 is 42.3 Å². The molecule has 3 amide bonds. The van der Waals surface area contributed by atoms with Gasteiger partial charge in [-0.1, -0.05) is 36.4 Å². The molecule has 0 spiro atoms. The molecule has 0 bridgehead atoms. The fourth-order valence-corrected chi connectivity index (χ4v) is 7.22. The molecule has 7 rings (SSSR count). The maximum absolute atomic E-state index is 14.7. The summed E-state index contributed by atoms with van der Waals surface area (Å²) in [5.74, 6) is -0.909. The molecule has 2 saturated carbocycles. The number of fused-ring (bicyclic) bond motifs is 1. The number of alkyl halides is 1. The lowest BCUT2D eigenvalue weighted by Gasteiger charge is -2.33. The van der Waals surface area contributed by atoms with Crippen molar-refractivity contribution in [1.29, 1.82) is 0 Å². The summed E-state index contributed by atoms with van der Waals surface area (Å²) in [7, 11) is 0. The molecule has 1 aromatic heterocycles. The van der Waals surface area contributed by atoms with Gasteiger partial charge in [0.1, 0.15) is 23.7 Å². The number of amides is 3. The summed E-state index contributed by atoms with van der Waals surface area (Å²) in [4.78, 5) is 47.8. The van der Waals surface area contributed by atoms with Crippen LogP contribution in [0.15, 0.2) is 54.6 Å². The van der Waals surface area contributed by atoms with Crippen LogP contribution >= 0.6 is 0 Å². The van der Waals surface area contributed by atoms with Gasteiger partial charge in [0.05, 0.1) is 24.6 Å². The zero-order chi connectivity index (χ0) is 33.4. The van der Waals surface area contributed by atoms with Crippen LogP contribution in [-0.4, -0.2) is 76.9 Å². The van der Waals surface area contributed by atoms with Crippen LogP contribution in [-0.2, 0) is 9.59 Å². The molecule has 4 atom stereocenters. The fourth-order valence-electron chi connectivity index (χ4n) is 7.22. The smallest absolute Gasteiger partial charge is 0.270 e. The number of benzene rings is 2. The number of rotatable bonds is 10. The van der Waals surface area contributed by atoms with Gasteiger partial charge in [-0.05, 0) is 105 Å². The molecule has 1 unspecified atom stereocenters. The average Bonchev–Trinajstić information content (AvgIpc) is 4.04. The predicted octanol–water partition coefficient (Wildman–Crippen LogP) is 5.69. The Balaban J connectivity index is 1.02. The Labute approximate surface area is 280 Å². The van der Waals surface area contributed by atoms with Crippen molar-refractivity contribution in [3.8, 4) is 0 Å². The second kappa shape index (κ2) is 13.7. The van der Waals surface area contributed by atoms with Gasteiger partial charge in [0.25, 0.3) is 5.91 Å². The van der Waals surface area contributed by atoms with E-state index in [0.29, 0.717) is 22.7 Å². The molecule has 8 nitrogen and oxygen atoms in total. The molecule has 2 aliphatic heterocycles. The van der Waals surface area contributed by atoms with E-state index in [1.807, 2.05) is 6.92 Å². The number of piperidine rings is 1. The first kappa shape index (κ1) is 32.4. The third kappa shape index (κ3) is 7.43. The van der Waals surface area contributed by atoms with E-state index in [1.54, 1.807) is 6.07 Å². The van der Waals surface area contributed by atoms with E-state index in [1.165, 1.54) is 73.4 Å². The van der Waals surface area contributed by atoms with Crippen LogP contribution in [0.1, 0.15) is 91.0 Å². The van der Waals surface area contributed by atoms with E-state index in [2.05, 4.69) is 50.9 Å². The van der Waals surface area contributed by atoms with Crippen molar-refractivity contribution in [2.75, 3.05) is 26.2 Å². The van der Waals surface area contributed by atoms with Gasteiger partial charge < -0.3 is 15.5 Å². The molecule has 2 aromatic carbocycles. The second-order valence-electron chi connectivity index (χ2n) is 14.0. The topological polar surface area (TPSA) is 94.6 Å². The number of pyridine rings is 1. The SMILES string of the molecule is C[C@H](NC(=O)C1C[C@@H](F)CN1C(=O)CNC(=O)c1ccc2cc(F)ccc2n1)c1cc([C@H]2CCCN(C3CC3)C2)ccc1/C=C/C1CC1. The zero-order valence-electron chi connectivity index (χ0n) is 27.3. The standard InChI is InChI=1S/C38H43F2N5O3/c1-23(32-18-26(9-8-25(32)7-6-24-4-5-24)28-3-2-16-44(21-28)31-12-13-31)42-38(48)35-19-30(40)22-45(35)36(46)20-41-37(47)34-14-10-27-17-29(39)11-15-33(27)43-34/h6-11,14-15,17-18,23-24,28,30-31,35H,2-5,12-13,16,19-22H2,1H3,(H,41,47)(H,42,48)/b7-6+/t23-,28-,30+,35?/m0/s1. The van der Waals surface area contributed by atoms with E-state index in [9.17, 15) is 23.2 Å². The number of allylic oxidation sites excluding steroid dienone is 1. The van der Waals surface area contributed by atoms with Crippen molar-refractivity contribution in [2.24, 2.45) is 5.92 Å². The van der Waals surface area contributed by atoms with Crippen LogP contribution in [0.25, 0.3) is 17.0 Å². The van der Waals surface area contributed by atoms with Crippen molar-refractivity contribution < 1.29 is 23.2 Å². The minimum Gasteiger partial charge on any atom is -0.348 e. The first-order chi connectivity index (χ1) is 23.2. The molecule has 2 saturated heterocycles. The lowest BCUT2D eigenvalue weighted by Crippen LogP contribution is -2.49. The molecule has 48 heavy (non-hydrogen) atoms. The van der Waals surface area contributed by atoms with Crippen LogP contribution in [0, 0.1) is 11.7 Å². The number of carbonyl (C=O) groups is 3. The number of nitrogens with one attached hydrogen (secondary N) is 2. The molecular formula is C38H43F2N5O3. The number of nitrogens with zero attached hydrogens (tertiary/aromatic N) is 3. The largest absolute Gasteiger partial charge is 0.348 e. The Kier molecular flexibility index (Phi) is 9.27. The third-order valence-corrected chi connectivity index (χ3v) is 10.3. The molecule has 0 radical (unpaired) electrons. The molecule has 252 valence electrons. The van der Waals surface area contributed by atoms with Crippen LogP contribution in [0.3, 0.4) is 0 Å². The normalized spacial score (nSPS) is 23.8. The minimum atomic E-state index is -1.35. The van der Waals surface area contributed by atoms with Crippen molar-refractivity contribution in [3.63, 3.8) is 0 Å². The number of halogens is 2. The number of aromatic nitrogens is 1. The quantitative estimate of drug-likeness (QED) is 0.293. The highest BCUT2D eigenvalue weighted by Crippen LogP contribution is 2.37. The summed E-state index contributed by atoms with van der Waals surface area (Å²) in [5.41, 5.74) is 3.87. The van der Waals surface area contributed by atoms with Gasteiger partial charge in [-0.15, -0.1) is 0 Å². The first-order valence-electron chi connectivity index (χ1n) is 17.4. The maximum Gasteiger partial charge on any atom is 0.270 e. The first-order valence-corrected chi connectivity index (χ1v) is 17.4. The van der Waals surface area contributed by atoms with Crippen LogP contribution in [0.4, 0.5) is 8.78 Å². The van der Waals surface area contributed by atoms with Gasteiger partial charge in [-0.2, -0.15) is 0 Å². The second-order valence-corrected chi connectivity index (χ2v) is 14.0. The summed E-state index contributed by atoms with van der Waals surface area (Å²) >= 11 is 0. The summed E-state index contributed by atoms with van der Waals surface area (Å²) in [6, 6.07) is 13.1. The molecule has 10 heteroatoms.